The number of halogens is 1. The van der Waals surface area contributed by atoms with E-state index in [9.17, 15) is 0 Å². The summed E-state index contributed by atoms with van der Waals surface area (Å²) in [5, 5.41) is 9.56. The molecule has 1 aromatic rings. The van der Waals surface area contributed by atoms with Crippen molar-refractivity contribution in [2.45, 2.75) is 12.8 Å². The molecule has 1 rings (SSSR count). The lowest BCUT2D eigenvalue weighted by Crippen LogP contribution is -2.18. The fraction of sp³-hybridized carbons (Fsp3) is 0.455. The minimum atomic E-state index is 0.204. The van der Waals surface area contributed by atoms with Crippen LogP contribution in [-0.4, -0.2) is 18.3 Å². The summed E-state index contributed by atoms with van der Waals surface area (Å²) in [6, 6.07) is 7.76. The molecule has 0 saturated heterocycles. The minimum Gasteiger partial charge on any atom is -0.396 e. The number of hydrogen-bond acceptors (Lipinski definition) is 2. The van der Waals surface area contributed by atoms with Gasteiger partial charge in [0.2, 0.25) is 0 Å². The van der Waals surface area contributed by atoms with Crippen LogP contribution in [0.1, 0.15) is 12.0 Å². The van der Waals surface area contributed by atoms with E-state index in [4.69, 9.17) is 22.4 Å². The molecule has 0 aliphatic heterocycles. The lowest BCUT2D eigenvalue weighted by Gasteiger charge is -2.12. The Kier molecular flexibility index (Phi) is 4.94. The first-order valence-corrected chi connectivity index (χ1v) is 5.19. The Hall–Kier alpha value is -0.570. The van der Waals surface area contributed by atoms with Gasteiger partial charge in [0, 0.05) is 11.6 Å². The summed E-state index contributed by atoms with van der Waals surface area (Å²) < 4.78 is 0. The summed E-state index contributed by atoms with van der Waals surface area (Å²) in [6.07, 6.45) is 1.67. The summed E-state index contributed by atoms with van der Waals surface area (Å²) in [5.74, 6) is 0.362. The zero-order valence-corrected chi connectivity index (χ0v) is 8.87. The fourth-order valence-electron chi connectivity index (χ4n) is 1.44. The van der Waals surface area contributed by atoms with Crippen molar-refractivity contribution >= 4 is 11.6 Å². The zero-order valence-electron chi connectivity index (χ0n) is 8.12. The van der Waals surface area contributed by atoms with Gasteiger partial charge in [-0.2, -0.15) is 0 Å². The molecule has 0 bridgehead atoms. The lowest BCUT2D eigenvalue weighted by molar-refractivity contribution is 0.258. The summed E-state index contributed by atoms with van der Waals surface area (Å²) in [5.41, 5.74) is 6.82. The third-order valence-corrected chi connectivity index (χ3v) is 2.56. The highest BCUT2D eigenvalue weighted by Gasteiger charge is 2.06. The quantitative estimate of drug-likeness (QED) is 0.784. The van der Waals surface area contributed by atoms with Gasteiger partial charge in [0.15, 0.2) is 0 Å². The van der Waals surface area contributed by atoms with E-state index in [0.29, 0.717) is 12.5 Å². The number of hydrogen-bond donors (Lipinski definition) is 2. The first kappa shape index (κ1) is 11.5. The normalized spacial score (nSPS) is 12.8. The standard InChI is InChI=1S/C11H16ClNO/c12-11-3-1-9(2-4-11)7-10(8-13)5-6-14/h1-4,10,14H,5-8,13H2. The third kappa shape index (κ3) is 3.66. The van der Waals surface area contributed by atoms with Crippen molar-refractivity contribution in [1.29, 1.82) is 0 Å². The number of rotatable bonds is 5. The molecule has 78 valence electrons. The Bertz CT molecular complexity index is 260. The molecule has 0 radical (unpaired) electrons. The molecule has 0 fully saturated rings. The molecule has 0 amide bonds. The molecule has 2 nitrogen and oxygen atoms in total. The van der Waals surface area contributed by atoms with E-state index in [-0.39, 0.29) is 6.61 Å². The Morgan fingerprint density at radius 2 is 1.93 bits per heavy atom. The number of nitrogens with two attached hydrogens (primary N) is 1. The maximum atomic E-state index is 8.81. The van der Waals surface area contributed by atoms with Crippen LogP contribution in [0.5, 0.6) is 0 Å². The molecule has 0 saturated carbocycles. The van der Waals surface area contributed by atoms with E-state index < -0.39 is 0 Å². The van der Waals surface area contributed by atoms with E-state index in [1.165, 1.54) is 5.56 Å². The van der Waals surface area contributed by atoms with Gasteiger partial charge in [0.25, 0.3) is 0 Å². The van der Waals surface area contributed by atoms with Crippen molar-refractivity contribution in [1.82, 2.24) is 0 Å². The van der Waals surface area contributed by atoms with Crippen molar-refractivity contribution in [3.05, 3.63) is 34.9 Å². The molecule has 0 heterocycles. The van der Waals surface area contributed by atoms with Crippen molar-refractivity contribution in [3.63, 3.8) is 0 Å². The second kappa shape index (κ2) is 6.02. The van der Waals surface area contributed by atoms with Crippen LogP contribution in [0, 0.1) is 5.92 Å². The van der Waals surface area contributed by atoms with Crippen LogP contribution in [0.4, 0.5) is 0 Å². The summed E-state index contributed by atoms with van der Waals surface area (Å²) in [7, 11) is 0. The SMILES string of the molecule is NCC(CCO)Cc1ccc(Cl)cc1. The second-order valence-corrected chi connectivity index (χ2v) is 3.88. The highest BCUT2D eigenvalue weighted by molar-refractivity contribution is 6.30. The molecule has 0 spiro atoms. The van der Waals surface area contributed by atoms with Gasteiger partial charge in [-0.25, -0.2) is 0 Å². The average molecular weight is 214 g/mol. The predicted molar refractivity (Wildman–Crippen MR) is 59.4 cm³/mol. The number of aliphatic hydroxyl groups is 1. The van der Waals surface area contributed by atoms with Gasteiger partial charge in [-0.05, 0) is 43.0 Å². The van der Waals surface area contributed by atoms with Crippen LogP contribution in [0.2, 0.25) is 5.02 Å². The van der Waals surface area contributed by atoms with Gasteiger partial charge in [-0.1, -0.05) is 23.7 Å². The van der Waals surface area contributed by atoms with Crippen molar-refractivity contribution < 1.29 is 5.11 Å². The molecule has 1 aromatic carbocycles. The van der Waals surface area contributed by atoms with Gasteiger partial charge in [0.1, 0.15) is 0 Å². The Morgan fingerprint density at radius 3 is 2.43 bits per heavy atom. The monoisotopic (exact) mass is 213 g/mol. The van der Waals surface area contributed by atoms with E-state index in [1.54, 1.807) is 0 Å². The zero-order chi connectivity index (χ0) is 10.4. The molecule has 3 N–H and O–H groups in total. The molecular formula is C11H16ClNO. The molecule has 0 aliphatic rings. The third-order valence-electron chi connectivity index (χ3n) is 2.31. The van der Waals surface area contributed by atoms with E-state index >= 15 is 0 Å². The lowest BCUT2D eigenvalue weighted by atomic mass is 9.97. The molecule has 1 unspecified atom stereocenters. The predicted octanol–water partition coefficient (Wildman–Crippen LogP) is 1.84. The molecule has 14 heavy (non-hydrogen) atoms. The van der Waals surface area contributed by atoms with Crippen LogP contribution in [0.15, 0.2) is 24.3 Å². The largest absolute Gasteiger partial charge is 0.396 e. The van der Waals surface area contributed by atoms with Crippen LogP contribution in [0.25, 0.3) is 0 Å². The van der Waals surface area contributed by atoms with E-state index in [0.717, 1.165) is 17.9 Å². The molecule has 1 atom stereocenters. The first-order valence-electron chi connectivity index (χ1n) is 4.81. The van der Waals surface area contributed by atoms with E-state index in [1.807, 2.05) is 24.3 Å². The fourth-order valence-corrected chi connectivity index (χ4v) is 1.57. The second-order valence-electron chi connectivity index (χ2n) is 3.44. The van der Waals surface area contributed by atoms with Gasteiger partial charge in [-0.3, -0.25) is 0 Å². The number of aliphatic hydroxyl groups excluding tert-OH is 1. The Labute approximate surface area is 89.7 Å². The van der Waals surface area contributed by atoms with E-state index in [2.05, 4.69) is 0 Å². The van der Waals surface area contributed by atoms with Crippen molar-refractivity contribution in [2.24, 2.45) is 11.7 Å². The van der Waals surface area contributed by atoms with Crippen LogP contribution < -0.4 is 5.73 Å². The van der Waals surface area contributed by atoms with Gasteiger partial charge < -0.3 is 10.8 Å². The maximum Gasteiger partial charge on any atom is 0.0434 e. The van der Waals surface area contributed by atoms with Crippen molar-refractivity contribution in [2.75, 3.05) is 13.2 Å². The van der Waals surface area contributed by atoms with Gasteiger partial charge in [0.05, 0.1) is 0 Å². The Morgan fingerprint density at radius 1 is 1.29 bits per heavy atom. The van der Waals surface area contributed by atoms with Crippen LogP contribution in [0.3, 0.4) is 0 Å². The molecule has 3 heteroatoms. The van der Waals surface area contributed by atoms with Crippen LogP contribution >= 0.6 is 11.6 Å². The minimum absolute atomic E-state index is 0.204. The number of benzene rings is 1. The van der Waals surface area contributed by atoms with Crippen molar-refractivity contribution in [3.8, 4) is 0 Å². The summed E-state index contributed by atoms with van der Waals surface area (Å²) in [4.78, 5) is 0. The van der Waals surface area contributed by atoms with Gasteiger partial charge in [-0.15, -0.1) is 0 Å². The average Bonchev–Trinajstić information content (AvgIpc) is 2.20. The smallest absolute Gasteiger partial charge is 0.0434 e. The topological polar surface area (TPSA) is 46.2 Å². The van der Waals surface area contributed by atoms with Gasteiger partial charge >= 0.3 is 0 Å². The highest BCUT2D eigenvalue weighted by Crippen LogP contribution is 2.14. The summed E-state index contributed by atoms with van der Waals surface area (Å²) >= 11 is 5.78. The highest BCUT2D eigenvalue weighted by atomic mass is 35.5. The summed E-state index contributed by atoms with van der Waals surface area (Å²) in [6.45, 7) is 0.818. The first-order chi connectivity index (χ1) is 6.76. The molecule has 0 aromatic heterocycles. The molecule has 0 aliphatic carbocycles. The van der Waals surface area contributed by atoms with Crippen LogP contribution in [-0.2, 0) is 6.42 Å². The maximum absolute atomic E-state index is 8.81. The Balaban J connectivity index is 2.53. The molecular weight excluding hydrogens is 198 g/mol.